The van der Waals surface area contributed by atoms with Gasteiger partial charge in [0.25, 0.3) is 5.91 Å². The lowest BCUT2D eigenvalue weighted by Gasteiger charge is -2.50. The predicted molar refractivity (Wildman–Crippen MR) is 173 cm³/mol. The second-order valence-electron chi connectivity index (χ2n) is 12.5. The van der Waals surface area contributed by atoms with Crippen LogP contribution in [0.15, 0.2) is 54.9 Å². The first-order chi connectivity index (χ1) is 23.9. The van der Waals surface area contributed by atoms with Crippen molar-refractivity contribution in [1.29, 1.82) is 0 Å². The van der Waals surface area contributed by atoms with Crippen LogP contribution in [0, 0.1) is 5.92 Å². The number of fused-ring (bicyclic) bond motifs is 3. The summed E-state index contributed by atoms with van der Waals surface area (Å²) in [6.45, 7) is 0. The number of halogens is 8. The van der Waals surface area contributed by atoms with Crippen molar-refractivity contribution in [2.45, 2.75) is 75.4 Å². The molecule has 1 saturated carbocycles. The molecule has 3 aliphatic rings. The third kappa shape index (κ3) is 8.93. The van der Waals surface area contributed by atoms with Gasteiger partial charge in [-0.25, -0.2) is 4.79 Å². The fraction of sp³-hybridized carbons (Fsp3) is 0.382. The zero-order valence-electron chi connectivity index (χ0n) is 26.5. The van der Waals surface area contributed by atoms with Crippen LogP contribution in [-0.2, 0) is 39.6 Å². The molecule has 1 aliphatic carbocycles. The van der Waals surface area contributed by atoms with Crippen molar-refractivity contribution in [3.05, 3.63) is 92.7 Å². The van der Waals surface area contributed by atoms with E-state index in [0.717, 1.165) is 0 Å². The number of pyridine rings is 1. The maximum Gasteiger partial charge on any atom is 0.416 e. The van der Waals surface area contributed by atoms with Gasteiger partial charge in [-0.3, -0.25) is 19.4 Å². The lowest BCUT2D eigenvalue weighted by molar-refractivity contribution is -0.154. The van der Waals surface area contributed by atoms with Crippen LogP contribution < -0.4 is 10.6 Å². The number of carboxylic acids is 1. The largest absolute Gasteiger partial charge is 0.480 e. The Hall–Kier alpha value is -4.37. The minimum absolute atomic E-state index is 0.0111. The number of carbonyl (C=O) groups excluding carboxylic acids is 3. The highest BCUT2D eigenvalue weighted by atomic mass is 35.5. The fourth-order valence-corrected chi connectivity index (χ4v) is 7.17. The number of anilines is 1. The highest BCUT2D eigenvalue weighted by Crippen LogP contribution is 2.41. The van der Waals surface area contributed by atoms with E-state index in [0.29, 0.717) is 49.1 Å². The standard InChI is InChI=1S/C34H30Cl2F6N4O5/c35-24-15-43-16-25(36)28(24)30(48)44-22-6-1-17(2-7-22)13-26(32(50)51)45-31(49)29-19-4-8-23(9-5-19)46(29)27(47)10-3-18-11-20(33(37,38)39)14-21(12-18)34(40,41)42/h1-2,6-7,11-12,14-16,19,23,26,29H,3-5,8-10,13H2,(H,44,48)(H,45,49)(H,50,51)/t19?,23?,26-,29?/m0/s1. The number of hydrogen-bond acceptors (Lipinski definition) is 5. The number of nitrogens with one attached hydrogen (secondary N) is 2. The molecule has 2 aromatic carbocycles. The average molecular weight is 760 g/mol. The van der Waals surface area contributed by atoms with Gasteiger partial charge in [0, 0.05) is 37.0 Å². The number of rotatable bonds is 10. The van der Waals surface area contributed by atoms with E-state index in [2.05, 4.69) is 15.6 Å². The van der Waals surface area contributed by atoms with E-state index in [-0.39, 0.29) is 39.6 Å². The van der Waals surface area contributed by atoms with Crippen molar-refractivity contribution >= 4 is 52.6 Å². The molecule has 2 atom stereocenters. The molecule has 6 rings (SSSR count). The summed E-state index contributed by atoms with van der Waals surface area (Å²) < 4.78 is 80.2. The summed E-state index contributed by atoms with van der Waals surface area (Å²) in [5.74, 6) is -3.62. The van der Waals surface area contributed by atoms with Crippen LogP contribution in [0.5, 0.6) is 0 Å². The number of benzene rings is 2. The molecule has 0 spiro atoms. The van der Waals surface area contributed by atoms with Crippen LogP contribution in [-0.4, -0.2) is 56.8 Å². The summed E-state index contributed by atoms with van der Waals surface area (Å²) in [6.07, 6.45) is -6.38. The molecular formula is C34H30Cl2F6N4O5. The molecule has 1 unspecified atom stereocenters. The van der Waals surface area contributed by atoms with E-state index < -0.39 is 78.1 Å². The quantitative estimate of drug-likeness (QED) is 0.188. The minimum Gasteiger partial charge on any atom is -0.480 e. The molecule has 272 valence electrons. The number of hydrogen-bond donors (Lipinski definition) is 3. The van der Waals surface area contributed by atoms with Gasteiger partial charge < -0.3 is 20.6 Å². The number of nitrogens with zero attached hydrogens (tertiary/aromatic N) is 2. The monoisotopic (exact) mass is 758 g/mol. The maximum absolute atomic E-state index is 13.7. The first-order valence-corrected chi connectivity index (χ1v) is 16.5. The summed E-state index contributed by atoms with van der Waals surface area (Å²) in [6, 6.07) is 4.38. The van der Waals surface area contributed by atoms with E-state index in [9.17, 15) is 50.6 Å². The third-order valence-electron chi connectivity index (χ3n) is 9.06. The summed E-state index contributed by atoms with van der Waals surface area (Å²) in [7, 11) is 0. The molecule has 3 heterocycles. The molecule has 3 aromatic rings. The summed E-state index contributed by atoms with van der Waals surface area (Å²) >= 11 is 12.1. The van der Waals surface area contributed by atoms with Gasteiger partial charge in [-0.1, -0.05) is 35.3 Å². The normalized spacial score (nSPS) is 19.4. The molecule has 3 amide bonds. The number of aromatic nitrogens is 1. The minimum atomic E-state index is -5.04. The molecule has 3 N–H and O–H groups in total. The van der Waals surface area contributed by atoms with Crippen LogP contribution in [0.4, 0.5) is 32.0 Å². The number of piperidine rings is 2. The van der Waals surface area contributed by atoms with Crippen molar-refractivity contribution in [2.24, 2.45) is 5.92 Å². The number of amides is 3. The van der Waals surface area contributed by atoms with Crippen molar-refractivity contribution in [1.82, 2.24) is 15.2 Å². The van der Waals surface area contributed by atoms with Crippen LogP contribution in [0.25, 0.3) is 0 Å². The Bertz CT molecular complexity index is 1760. The Morgan fingerprint density at radius 1 is 0.863 bits per heavy atom. The predicted octanol–water partition coefficient (Wildman–Crippen LogP) is 7.19. The SMILES string of the molecule is O=C(Nc1ccc(C[C@H](NC(=O)C2C3CCC(CC3)N2C(=O)CCc2cc(C(F)(F)F)cc(C(F)(F)F)c2)C(=O)O)cc1)c1c(Cl)cncc1Cl. The highest BCUT2D eigenvalue weighted by Gasteiger charge is 2.48. The van der Waals surface area contributed by atoms with E-state index in [1.54, 1.807) is 12.1 Å². The van der Waals surface area contributed by atoms with E-state index in [1.807, 2.05) is 0 Å². The zero-order chi connectivity index (χ0) is 37.2. The Morgan fingerprint density at radius 3 is 1.96 bits per heavy atom. The van der Waals surface area contributed by atoms with Gasteiger partial charge in [0.1, 0.15) is 12.1 Å². The summed E-state index contributed by atoms with van der Waals surface area (Å²) in [4.78, 5) is 57.2. The topological polar surface area (TPSA) is 129 Å². The third-order valence-corrected chi connectivity index (χ3v) is 9.63. The van der Waals surface area contributed by atoms with Crippen molar-refractivity contribution < 1.29 is 50.6 Å². The van der Waals surface area contributed by atoms with Crippen molar-refractivity contribution in [3.63, 3.8) is 0 Å². The highest BCUT2D eigenvalue weighted by molar-refractivity contribution is 6.40. The van der Waals surface area contributed by atoms with Crippen LogP contribution in [0.1, 0.15) is 64.7 Å². The van der Waals surface area contributed by atoms with Crippen LogP contribution in [0.2, 0.25) is 10.0 Å². The molecule has 2 saturated heterocycles. The molecule has 9 nitrogen and oxygen atoms in total. The van der Waals surface area contributed by atoms with E-state index in [1.165, 1.54) is 29.4 Å². The van der Waals surface area contributed by atoms with Gasteiger partial charge in [-0.2, -0.15) is 26.3 Å². The van der Waals surface area contributed by atoms with Crippen LogP contribution >= 0.6 is 23.2 Å². The molecule has 2 bridgehead atoms. The lowest BCUT2D eigenvalue weighted by atomic mass is 9.74. The lowest BCUT2D eigenvalue weighted by Crippen LogP contribution is -2.64. The summed E-state index contributed by atoms with van der Waals surface area (Å²) in [5.41, 5.74) is -2.48. The van der Waals surface area contributed by atoms with Gasteiger partial charge in [0.05, 0.1) is 26.7 Å². The van der Waals surface area contributed by atoms with Gasteiger partial charge in [-0.05, 0) is 79.5 Å². The Morgan fingerprint density at radius 2 is 1.43 bits per heavy atom. The van der Waals surface area contributed by atoms with Gasteiger partial charge >= 0.3 is 18.3 Å². The van der Waals surface area contributed by atoms with Crippen molar-refractivity contribution in [3.8, 4) is 0 Å². The second-order valence-corrected chi connectivity index (χ2v) is 13.3. The number of aryl methyl sites for hydroxylation is 1. The first-order valence-electron chi connectivity index (χ1n) is 15.7. The molecule has 17 heteroatoms. The summed E-state index contributed by atoms with van der Waals surface area (Å²) in [5, 5.41) is 15.2. The Balaban J connectivity index is 1.26. The van der Waals surface area contributed by atoms with Crippen LogP contribution in [0.3, 0.4) is 0 Å². The molecule has 3 fully saturated rings. The first kappa shape index (κ1) is 37.9. The molecule has 0 radical (unpaired) electrons. The Labute approximate surface area is 297 Å². The van der Waals surface area contributed by atoms with Gasteiger partial charge in [0.15, 0.2) is 0 Å². The van der Waals surface area contributed by atoms with Crippen molar-refractivity contribution in [2.75, 3.05) is 5.32 Å². The smallest absolute Gasteiger partial charge is 0.416 e. The number of alkyl halides is 6. The fourth-order valence-electron chi connectivity index (χ4n) is 6.63. The van der Waals surface area contributed by atoms with Gasteiger partial charge in [0.2, 0.25) is 11.8 Å². The van der Waals surface area contributed by atoms with E-state index in [4.69, 9.17) is 23.2 Å². The molecule has 51 heavy (non-hydrogen) atoms. The Kier molecular flexibility index (Phi) is 11.2. The van der Waals surface area contributed by atoms with E-state index >= 15 is 0 Å². The second kappa shape index (κ2) is 15.1. The van der Waals surface area contributed by atoms with Gasteiger partial charge in [-0.15, -0.1) is 0 Å². The molecule has 2 aliphatic heterocycles. The zero-order valence-corrected chi connectivity index (χ0v) is 28.0. The number of carbonyl (C=O) groups is 4. The maximum atomic E-state index is 13.7. The molecule has 1 aromatic heterocycles. The average Bonchev–Trinajstić information content (AvgIpc) is 3.06. The number of aliphatic carboxylic acids is 1. The molecular weight excluding hydrogens is 729 g/mol. The number of carboxylic acid groups (broad SMARTS) is 1.